The van der Waals surface area contributed by atoms with Gasteiger partial charge in [0.15, 0.2) is 0 Å². The number of nitrogens with two attached hydrogens (primary N) is 1. The summed E-state index contributed by atoms with van der Waals surface area (Å²) in [6.45, 7) is 5.66. The molecule has 0 radical (unpaired) electrons. The molecule has 0 bridgehead atoms. The van der Waals surface area contributed by atoms with E-state index in [1.54, 1.807) is 0 Å². The summed E-state index contributed by atoms with van der Waals surface area (Å²) < 4.78 is 0. The van der Waals surface area contributed by atoms with Crippen LogP contribution in [0.1, 0.15) is 52.4 Å². The largest absolute Gasteiger partial charge is 0.356 e. The number of carbonyl (C=O) groups excluding carboxylic acids is 1. The second kappa shape index (κ2) is 7.70. The third kappa shape index (κ3) is 5.07. The van der Waals surface area contributed by atoms with Crippen LogP contribution in [-0.2, 0) is 4.79 Å². The van der Waals surface area contributed by atoms with Gasteiger partial charge < -0.3 is 11.1 Å². The number of hydrogen-bond acceptors (Lipinski definition) is 2. The first-order valence-electron chi connectivity index (χ1n) is 7.15. The molecular weight excluding hydrogens is 212 g/mol. The van der Waals surface area contributed by atoms with Gasteiger partial charge in [-0.25, -0.2) is 0 Å². The maximum Gasteiger partial charge on any atom is 0.224 e. The van der Waals surface area contributed by atoms with Crippen molar-refractivity contribution in [2.24, 2.45) is 23.5 Å². The predicted molar refractivity (Wildman–Crippen MR) is 71.6 cm³/mol. The zero-order chi connectivity index (χ0) is 12.7. The van der Waals surface area contributed by atoms with Gasteiger partial charge >= 0.3 is 0 Å². The van der Waals surface area contributed by atoms with E-state index in [4.69, 9.17) is 5.73 Å². The SMILES string of the molecule is CCCNC(=O)C(CN)CC1CCC(C)CC1. The molecule has 3 nitrogen and oxygen atoms in total. The quantitative estimate of drug-likeness (QED) is 0.748. The topological polar surface area (TPSA) is 55.1 Å². The first kappa shape index (κ1) is 14.5. The molecule has 0 heterocycles. The first-order chi connectivity index (χ1) is 8.17. The number of rotatable bonds is 6. The molecule has 3 heteroatoms. The van der Waals surface area contributed by atoms with E-state index < -0.39 is 0 Å². The fraction of sp³-hybridized carbons (Fsp3) is 0.929. The van der Waals surface area contributed by atoms with Crippen LogP contribution in [-0.4, -0.2) is 19.0 Å². The molecule has 17 heavy (non-hydrogen) atoms. The van der Waals surface area contributed by atoms with Gasteiger partial charge in [-0.3, -0.25) is 4.79 Å². The molecular formula is C14H28N2O. The Balaban J connectivity index is 2.33. The Morgan fingerprint density at radius 2 is 2.00 bits per heavy atom. The van der Waals surface area contributed by atoms with Crippen LogP contribution in [0.15, 0.2) is 0 Å². The molecule has 1 atom stereocenters. The Morgan fingerprint density at radius 3 is 2.53 bits per heavy atom. The highest BCUT2D eigenvalue weighted by molar-refractivity contribution is 5.78. The smallest absolute Gasteiger partial charge is 0.224 e. The molecule has 1 fully saturated rings. The van der Waals surface area contributed by atoms with Crippen molar-refractivity contribution in [1.82, 2.24) is 5.32 Å². The Labute approximate surface area is 106 Å². The van der Waals surface area contributed by atoms with Crippen LogP contribution >= 0.6 is 0 Å². The molecule has 0 aliphatic heterocycles. The summed E-state index contributed by atoms with van der Waals surface area (Å²) in [5.74, 6) is 1.77. The van der Waals surface area contributed by atoms with Gasteiger partial charge in [-0.15, -0.1) is 0 Å². The molecule has 1 aliphatic carbocycles. The number of hydrogen-bond donors (Lipinski definition) is 2. The average molecular weight is 240 g/mol. The van der Waals surface area contributed by atoms with Crippen molar-refractivity contribution in [1.29, 1.82) is 0 Å². The predicted octanol–water partition coefficient (Wildman–Crippen LogP) is 2.30. The Morgan fingerprint density at radius 1 is 1.35 bits per heavy atom. The van der Waals surface area contributed by atoms with Crippen molar-refractivity contribution in [3.8, 4) is 0 Å². The number of nitrogens with one attached hydrogen (secondary N) is 1. The third-order valence-electron chi connectivity index (χ3n) is 3.96. The highest BCUT2D eigenvalue weighted by Gasteiger charge is 2.24. The van der Waals surface area contributed by atoms with Crippen LogP contribution in [0.25, 0.3) is 0 Å². The van der Waals surface area contributed by atoms with E-state index >= 15 is 0 Å². The van der Waals surface area contributed by atoms with Crippen LogP contribution in [0, 0.1) is 17.8 Å². The summed E-state index contributed by atoms with van der Waals surface area (Å²) in [5.41, 5.74) is 5.73. The van der Waals surface area contributed by atoms with E-state index in [0.717, 1.165) is 25.3 Å². The molecule has 0 aromatic rings. The van der Waals surface area contributed by atoms with E-state index in [0.29, 0.717) is 12.5 Å². The standard InChI is InChI=1S/C14H28N2O/c1-3-8-16-14(17)13(10-15)9-12-6-4-11(2)5-7-12/h11-13H,3-10,15H2,1-2H3,(H,16,17). The molecule has 0 saturated heterocycles. The zero-order valence-corrected chi connectivity index (χ0v) is 11.4. The van der Waals surface area contributed by atoms with Crippen LogP contribution in [0.5, 0.6) is 0 Å². The lowest BCUT2D eigenvalue weighted by molar-refractivity contribution is -0.125. The molecule has 1 unspecified atom stereocenters. The summed E-state index contributed by atoms with van der Waals surface area (Å²) in [7, 11) is 0. The second-order valence-corrected chi connectivity index (χ2v) is 5.59. The van der Waals surface area contributed by atoms with E-state index in [-0.39, 0.29) is 11.8 Å². The third-order valence-corrected chi connectivity index (χ3v) is 3.96. The molecule has 1 amide bonds. The van der Waals surface area contributed by atoms with Gasteiger partial charge in [-0.05, 0) is 24.7 Å². The lowest BCUT2D eigenvalue weighted by atomic mass is 9.78. The molecule has 0 aromatic carbocycles. The average Bonchev–Trinajstić information content (AvgIpc) is 2.35. The lowest BCUT2D eigenvalue weighted by Gasteiger charge is -2.28. The van der Waals surface area contributed by atoms with E-state index in [2.05, 4.69) is 19.2 Å². The van der Waals surface area contributed by atoms with Gasteiger partial charge in [0.25, 0.3) is 0 Å². The minimum Gasteiger partial charge on any atom is -0.356 e. The van der Waals surface area contributed by atoms with Gasteiger partial charge in [0.1, 0.15) is 0 Å². The second-order valence-electron chi connectivity index (χ2n) is 5.59. The zero-order valence-electron chi connectivity index (χ0n) is 11.4. The van der Waals surface area contributed by atoms with Crippen molar-refractivity contribution in [3.05, 3.63) is 0 Å². The first-order valence-corrected chi connectivity index (χ1v) is 7.15. The van der Waals surface area contributed by atoms with Crippen LogP contribution in [0.2, 0.25) is 0 Å². The minimum atomic E-state index is 0.0277. The maximum absolute atomic E-state index is 11.9. The minimum absolute atomic E-state index is 0.0277. The Bertz CT molecular complexity index is 222. The van der Waals surface area contributed by atoms with Gasteiger partial charge in [0, 0.05) is 13.1 Å². The molecule has 1 aliphatic rings. The number of amides is 1. The fourth-order valence-corrected chi connectivity index (χ4v) is 2.67. The Hall–Kier alpha value is -0.570. The lowest BCUT2D eigenvalue weighted by Crippen LogP contribution is -2.37. The van der Waals surface area contributed by atoms with Crippen molar-refractivity contribution < 1.29 is 4.79 Å². The van der Waals surface area contributed by atoms with E-state index in [1.807, 2.05) is 0 Å². The summed E-state index contributed by atoms with van der Waals surface area (Å²) in [4.78, 5) is 11.9. The van der Waals surface area contributed by atoms with Crippen LogP contribution in [0.4, 0.5) is 0 Å². The molecule has 100 valence electrons. The van der Waals surface area contributed by atoms with Gasteiger partial charge in [-0.2, -0.15) is 0 Å². The summed E-state index contributed by atoms with van der Waals surface area (Å²) in [6.07, 6.45) is 7.16. The number of carbonyl (C=O) groups is 1. The van der Waals surface area contributed by atoms with Crippen LogP contribution < -0.4 is 11.1 Å². The maximum atomic E-state index is 11.9. The summed E-state index contributed by atoms with van der Waals surface area (Å²) in [5, 5.41) is 2.96. The highest BCUT2D eigenvalue weighted by Crippen LogP contribution is 2.32. The van der Waals surface area contributed by atoms with Gasteiger partial charge in [-0.1, -0.05) is 39.5 Å². The molecule has 0 aromatic heterocycles. The molecule has 1 saturated carbocycles. The Kier molecular flexibility index (Phi) is 6.56. The van der Waals surface area contributed by atoms with E-state index in [9.17, 15) is 4.79 Å². The summed E-state index contributed by atoms with van der Waals surface area (Å²) in [6, 6.07) is 0. The molecule has 1 rings (SSSR count). The van der Waals surface area contributed by atoms with Gasteiger partial charge in [0.05, 0.1) is 5.92 Å². The van der Waals surface area contributed by atoms with Crippen molar-refractivity contribution in [2.75, 3.05) is 13.1 Å². The molecule has 0 spiro atoms. The van der Waals surface area contributed by atoms with Crippen molar-refractivity contribution in [2.45, 2.75) is 52.4 Å². The monoisotopic (exact) mass is 240 g/mol. The van der Waals surface area contributed by atoms with Crippen molar-refractivity contribution in [3.63, 3.8) is 0 Å². The van der Waals surface area contributed by atoms with Crippen molar-refractivity contribution >= 4 is 5.91 Å². The van der Waals surface area contributed by atoms with Crippen LogP contribution in [0.3, 0.4) is 0 Å². The van der Waals surface area contributed by atoms with E-state index in [1.165, 1.54) is 25.7 Å². The fourth-order valence-electron chi connectivity index (χ4n) is 2.67. The highest BCUT2D eigenvalue weighted by atomic mass is 16.1. The van der Waals surface area contributed by atoms with Gasteiger partial charge in [0.2, 0.25) is 5.91 Å². The normalized spacial score (nSPS) is 26.5. The summed E-state index contributed by atoms with van der Waals surface area (Å²) >= 11 is 0. The molecule has 3 N–H and O–H groups in total.